The van der Waals surface area contributed by atoms with Crippen molar-refractivity contribution in [2.75, 3.05) is 0 Å². The number of carbonyl (C=O) groups is 1. The molecule has 0 unspecified atom stereocenters. The van der Waals surface area contributed by atoms with E-state index in [1.165, 1.54) is 0 Å². The van der Waals surface area contributed by atoms with Crippen LogP contribution in [-0.4, -0.2) is 5.78 Å². The molecule has 0 aromatic heterocycles. The maximum Gasteiger partial charge on any atom is 0.140 e. The predicted octanol–water partition coefficient (Wildman–Crippen LogP) is 2.98. The molecule has 2 saturated carbocycles. The Balaban J connectivity index is 2.19. The van der Waals surface area contributed by atoms with Crippen LogP contribution in [0.1, 0.15) is 26.7 Å². The second kappa shape index (κ2) is 2.82. The predicted molar refractivity (Wildman–Crippen MR) is 57.8 cm³/mol. The largest absolute Gasteiger partial charge is 0.299 e. The highest BCUT2D eigenvalue weighted by Crippen LogP contribution is 2.66. The summed E-state index contributed by atoms with van der Waals surface area (Å²) in [5.74, 6) is 1.82. The normalized spacial score (nSPS) is 45.6. The third-order valence-electron chi connectivity index (χ3n) is 4.31. The Morgan fingerprint density at radius 1 is 1.64 bits per heavy atom. The van der Waals surface area contributed by atoms with Gasteiger partial charge in [0.25, 0.3) is 0 Å². The Hall–Kier alpha value is -0.850. The van der Waals surface area contributed by atoms with E-state index in [1.807, 2.05) is 13.0 Å². The number of Topliss-reactive ketones (excluding diaryl/α,β-unsaturated/α-hetero) is 1. The van der Waals surface area contributed by atoms with Gasteiger partial charge in [-0.3, -0.25) is 4.79 Å². The van der Waals surface area contributed by atoms with E-state index in [0.29, 0.717) is 30.0 Å². The average molecular weight is 190 g/mol. The van der Waals surface area contributed by atoms with Crippen LogP contribution in [-0.2, 0) is 4.79 Å². The number of ketones is 1. The molecule has 0 bridgehead atoms. The fourth-order valence-corrected chi connectivity index (χ4v) is 3.04. The van der Waals surface area contributed by atoms with Crippen LogP contribution in [0.2, 0.25) is 0 Å². The van der Waals surface area contributed by atoms with Gasteiger partial charge in [-0.15, -0.1) is 6.58 Å². The standard InChI is InChI=1S/C13H18O/c1-5-10-11-6-9(8(2)3)7-12(14)13(10,11)4/h5,9-11H,1-2,6-7H2,3-4H3/t9-,10-,11+,13-/m1/s1. The first-order valence-corrected chi connectivity index (χ1v) is 5.33. The van der Waals surface area contributed by atoms with Crippen LogP contribution in [0.5, 0.6) is 0 Å². The minimum absolute atomic E-state index is 0.0618. The molecule has 76 valence electrons. The molecule has 2 fully saturated rings. The van der Waals surface area contributed by atoms with Gasteiger partial charge in [0.05, 0.1) is 0 Å². The summed E-state index contributed by atoms with van der Waals surface area (Å²) in [6.07, 6.45) is 3.80. The van der Waals surface area contributed by atoms with E-state index >= 15 is 0 Å². The minimum Gasteiger partial charge on any atom is -0.299 e. The fourth-order valence-electron chi connectivity index (χ4n) is 3.04. The fraction of sp³-hybridized carbons (Fsp3) is 0.615. The van der Waals surface area contributed by atoms with Crippen molar-refractivity contribution in [3.05, 3.63) is 24.8 Å². The van der Waals surface area contributed by atoms with E-state index < -0.39 is 0 Å². The van der Waals surface area contributed by atoms with Crippen LogP contribution in [0.15, 0.2) is 24.8 Å². The maximum absolute atomic E-state index is 12.0. The Labute approximate surface area is 85.9 Å². The van der Waals surface area contributed by atoms with Gasteiger partial charge >= 0.3 is 0 Å². The molecule has 0 aromatic carbocycles. The molecule has 0 spiro atoms. The maximum atomic E-state index is 12.0. The highest BCUT2D eigenvalue weighted by molar-refractivity contribution is 5.90. The Morgan fingerprint density at radius 2 is 2.29 bits per heavy atom. The molecule has 2 aliphatic rings. The molecule has 0 N–H and O–H groups in total. The highest BCUT2D eigenvalue weighted by atomic mass is 16.1. The Kier molecular flexibility index (Phi) is 1.95. The van der Waals surface area contributed by atoms with Crippen LogP contribution in [0.25, 0.3) is 0 Å². The Bertz CT molecular complexity index is 315. The number of carbonyl (C=O) groups excluding carboxylic acids is 1. The monoisotopic (exact) mass is 190 g/mol. The molecular weight excluding hydrogens is 172 g/mol. The molecular formula is C13H18O. The Morgan fingerprint density at radius 3 is 2.79 bits per heavy atom. The topological polar surface area (TPSA) is 17.1 Å². The van der Waals surface area contributed by atoms with E-state index in [9.17, 15) is 4.79 Å². The minimum atomic E-state index is -0.0618. The number of hydrogen-bond acceptors (Lipinski definition) is 1. The first-order valence-electron chi connectivity index (χ1n) is 5.33. The second-order valence-corrected chi connectivity index (χ2v) is 5.06. The van der Waals surface area contributed by atoms with Crippen molar-refractivity contribution < 1.29 is 4.79 Å². The van der Waals surface area contributed by atoms with Crippen LogP contribution in [0, 0.1) is 23.2 Å². The lowest BCUT2D eigenvalue weighted by Crippen LogP contribution is -2.25. The molecule has 0 amide bonds. The molecule has 0 radical (unpaired) electrons. The van der Waals surface area contributed by atoms with Crippen LogP contribution < -0.4 is 0 Å². The van der Waals surface area contributed by atoms with E-state index in [0.717, 1.165) is 12.0 Å². The van der Waals surface area contributed by atoms with Gasteiger partial charge in [-0.05, 0) is 31.1 Å². The van der Waals surface area contributed by atoms with Crippen LogP contribution >= 0.6 is 0 Å². The summed E-state index contributed by atoms with van der Waals surface area (Å²) < 4.78 is 0. The van der Waals surface area contributed by atoms with E-state index in [2.05, 4.69) is 20.1 Å². The number of rotatable bonds is 2. The number of allylic oxidation sites excluding steroid dienone is 2. The lowest BCUT2D eigenvalue weighted by Gasteiger charge is -2.24. The number of fused-ring (bicyclic) bond motifs is 1. The van der Waals surface area contributed by atoms with Crippen molar-refractivity contribution in [1.29, 1.82) is 0 Å². The first-order chi connectivity index (χ1) is 6.51. The van der Waals surface area contributed by atoms with Crippen LogP contribution in [0.3, 0.4) is 0 Å². The second-order valence-electron chi connectivity index (χ2n) is 5.06. The SMILES string of the molecule is C=C[C@@H]1[C@@H]2C[C@@H](C(=C)C)CC(=O)[C@]12C. The lowest BCUT2D eigenvalue weighted by atomic mass is 9.79. The molecule has 0 heterocycles. The van der Waals surface area contributed by atoms with E-state index in [-0.39, 0.29) is 5.41 Å². The van der Waals surface area contributed by atoms with Crippen molar-refractivity contribution >= 4 is 5.78 Å². The van der Waals surface area contributed by atoms with Gasteiger partial charge < -0.3 is 0 Å². The van der Waals surface area contributed by atoms with Gasteiger partial charge in [-0.25, -0.2) is 0 Å². The zero-order valence-corrected chi connectivity index (χ0v) is 9.05. The van der Waals surface area contributed by atoms with Gasteiger partial charge in [-0.2, -0.15) is 0 Å². The summed E-state index contributed by atoms with van der Waals surface area (Å²) in [5, 5.41) is 0. The summed E-state index contributed by atoms with van der Waals surface area (Å²) in [5.41, 5.74) is 1.10. The summed E-state index contributed by atoms with van der Waals surface area (Å²) in [4.78, 5) is 12.0. The van der Waals surface area contributed by atoms with E-state index in [1.54, 1.807) is 0 Å². The quantitative estimate of drug-likeness (QED) is 0.612. The molecule has 1 nitrogen and oxygen atoms in total. The van der Waals surface area contributed by atoms with Crippen LogP contribution in [0.4, 0.5) is 0 Å². The smallest absolute Gasteiger partial charge is 0.140 e. The molecule has 4 atom stereocenters. The third-order valence-corrected chi connectivity index (χ3v) is 4.31. The van der Waals surface area contributed by atoms with Crippen molar-refractivity contribution in [3.63, 3.8) is 0 Å². The third kappa shape index (κ3) is 1.05. The summed E-state index contributed by atoms with van der Waals surface area (Å²) >= 11 is 0. The van der Waals surface area contributed by atoms with Gasteiger partial charge in [-0.1, -0.05) is 25.2 Å². The molecule has 0 aliphatic heterocycles. The van der Waals surface area contributed by atoms with Crippen molar-refractivity contribution in [2.24, 2.45) is 23.2 Å². The molecule has 1 heteroatoms. The highest BCUT2D eigenvalue weighted by Gasteiger charge is 2.66. The van der Waals surface area contributed by atoms with Gasteiger partial charge in [0.15, 0.2) is 0 Å². The average Bonchev–Trinajstić information content (AvgIpc) is 2.71. The molecule has 2 rings (SSSR count). The number of hydrogen-bond donors (Lipinski definition) is 0. The molecule has 0 saturated heterocycles. The first kappa shape index (κ1) is 9.70. The summed E-state index contributed by atoms with van der Waals surface area (Å²) in [6, 6.07) is 0. The molecule has 0 aromatic rings. The van der Waals surface area contributed by atoms with Gasteiger partial charge in [0, 0.05) is 11.8 Å². The summed E-state index contributed by atoms with van der Waals surface area (Å²) in [7, 11) is 0. The van der Waals surface area contributed by atoms with Crippen molar-refractivity contribution in [1.82, 2.24) is 0 Å². The van der Waals surface area contributed by atoms with Gasteiger partial charge in [0.2, 0.25) is 0 Å². The zero-order chi connectivity index (χ0) is 10.5. The lowest BCUT2D eigenvalue weighted by molar-refractivity contribution is -0.126. The van der Waals surface area contributed by atoms with Crippen molar-refractivity contribution in [3.8, 4) is 0 Å². The van der Waals surface area contributed by atoms with Crippen molar-refractivity contribution in [2.45, 2.75) is 26.7 Å². The molecule has 2 aliphatic carbocycles. The van der Waals surface area contributed by atoms with E-state index in [4.69, 9.17) is 0 Å². The summed E-state index contributed by atoms with van der Waals surface area (Å²) in [6.45, 7) is 11.9. The molecule has 14 heavy (non-hydrogen) atoms. The zero-order valence-electron chi connectivity index (χ0n) is 9.05. The van der Waals surface area contributed by atoms with Gasteiger partial charge in [0.1, 0.15) is 5.78 Å².